The lowest BCUT2D eigenvalue weighted by Gasteiger charge is -2.09. The van der Waals surface area contributed by atoms with E-state index in [-0.39, 0.29) is 5.82 Å². The van der Waals surface area contributed by atoms with Crippen LogP contribution in [0, 0.1) is 5.82 Å². The molecule has 1 heterocycles. The van der Waals surface area contributed by atoms with Crippen molar-refractivity contribution < 1.29 is 8.96 Å². The smallest absolute Gasteiger partial charge is 0.234 e. The van der Waals surface area contributed by atoms with Crippen molar-refractivity contribution in [3.05, 3.63) is 52.8 Å². The highest BCUT2D eigenvalue weighted by Crippen LogP contribution is 2.20. The zero-order chi connectivity index (χ0) is 14.7. The standard InChI is InChI=1S/C16H21ClFN2/c1-4-8-19-9-10-20(16(19)12(2)3)11-13-14(17)6-5-7-15(13)18/h5-7,9-10,12H,4,8,11H2,1-3H3/q+1. The molecule has 2 rings (SSSR count). The first-order chi connectivity index (χ1) is 9.54. The lowest BCUT2D eigenvalue weighted by Crippen LogP contribution is -2.39. The van der Waals surface area contributed by atoms with E-state index in [9.17, 15) is 4.39 Å². The Morgan fingerprint density at radius 2 is 2.10 bits per heavy atom. The third kappa shape index (κ3) is 3.04. The molecule has 20 heavy (non-hydrogen) atoms. The number of hydrogen-bond donors (Lipinski definition) is 0. The third-order valence-corrected chi connectivity index (χ3v) is 3.74. The van der Waals surface area contributed by atoms with Crippen molar-refractivity contribution in [2.24, 2.45) is 0 Å². The van der Waals surface area contributed by atoms with Crippen molar-refractivity contribution in [1.29, 1.82) is 0 Å². The predicted molar refractivity (Wildman–Crippen MR) is 79.5 cm³/mol. The predicted octanol–water partition coefficient (Wildman–Crippen LogP) is 4.15. The molecule has 0 unspecified atom stereocenters. The fourth-order valence-electron chi connectivity index (χ4n) is 2.56. The van der Waals surface area contributed by atoms with Crippen LogP contribution in [-0.2, 0) is 13.1 Å². The number of hydrogen-bond acceptors (Lipinski definition) is 0. The lowest BCUT2D eigenvalue weighted by atomic mass is 10.1. The highest BCUT2D eigenvalue weighted by Gasteiger charge is 2.22. The molecule has 0 radical (unpaired) electrons. The molecule has 0 saturated heterocycles. The molecule has 1 aromatic heterocycles. The van der Waals surface area contributed by atoms with Gasteiger partial charge in [0.15, 0.2) is 0 Å². The maximum absolute atomic E-state index is 13.9. The Balaban J connectivity index is 2.39. The quantitative estimate of drug-likeness (QED) is 0.733. The number of halogens is 2. The highest BCUT2D eigenvalue weighted by molar-refractivity contribution is 6.31. The van der Waals surface area contributed by atoms with Crippen LogP contribution in [0.4, 0.5) is 4.39 Å². The Kier molecular flexibility index (Phi) is 4.81. The van der Waals surface area contributed by atoms with E-state index in [0.29, 0.717) is 23.0 Å². The minimum Gasteiger partial charge on any atom is -0.234 e. The fraction of sp³-hybridized carbons (Fsp3) is 0.438. The van der Waals surface area contributed by atoms with Crippen molar-refractivity contribution >= 4 is 11.6 Å². The molecule has 0 aliphatic heterocycles. The van der Waals surface area contributed by atoms with Crippen LogP contribution in [0.15, 0.2) is 30.6 Å². The van der Waals surface area contributed by atoms with E-state index in [4.69, 9.17) is 11.6 Å². The van der Waals surface area contributed by atoms with Crippen LogP contribution >= 0.6 is 11.6 Å². The number of nitrogens with zero attached hydrogens (tertiary/aromatic N) is 2. The number of aryl methyl sites for hydroxylation is 1. The Labute approximate surface area is 124 Å². The molecule has 108 valence electrons. The Morgan fingerprint density at radius 3 is 2.70 bits per heavy atom. The van der Waals surface area contributed by atoms with Gasteiger partial charge in [-0.15, -0.1) is 0 Å². The van der Waals surface area contributed by atoms with E-state index < -0.39 is 0 Å². The molecule has 0 aliphatic carbocycles. The molecule has 0 N–H and O–H groups in total. The van der Waals surface area contributed by atoms with Crippen LogP contribution in [0.5, 0.6) is 0 Å². The Hall–Kier alpha value is -1.35. The molecule has 1 aromatic carbocycles. The molecule has 0 spiro atoms. The Bertz CT molecular complexity index is 570. The van der Waals surface area contributed by atoms with Crippen molar-refractivity contribution in [3.63, 3.8) is 0 Å². The van der Waals surface area contributed by atoms with Crippen molar-refractivity contribution in [2.45, 2.75) is 46.2 Å². The monoisotopic (exact) mass is 295 g/mol. The maximum Gasteiger partial charge on any atom is 0.259 e. The topological polar surface area (TPSA) is 8.81 Å². The van der Waals surface area contributed by atoms with Crippen LogP contribution < -0.4 is 4.57 Å². The van der Waals surface area contributed by atoms with Gasteiger partial charge in [-0.25, -0.2) is 13.5 Å². The largest absolute Gasteiger partial charge is 0.259 e. The van der Waals surface area contributed by atoms with Gasteiger partial charge < -0.3 is 0 Å². The van der Waals surface area contributed by atoms with E-state index in [1.807, 2.05) is 6.20 Å². The first-order valence-electron chi connectivity index (χ1n) is 7.06. The summed E-state index contributed by atoms with van der Waals surface area (Å²) in [7, 11) is 0. The SMILES string of the molecule is CCCn1cc[n+](Cc2c(F)cccc2Cl)c1C(C)C. The van der Waals surface area contributed by atoms with Gasteiger partial charge in [-0.1, -0.05) is 38.4 Å². The first kappa shape index (κ1) is 15.0. The summed E-state index contributed by atoms with van der Waals surface area (Å²) in [5.41, 5.74) is 0.551. The van der Waals surface area contributed by atoms with E-state index in [2.05, 4.69) is 36.1 Å². The number of aromatic nitrogens is 2. The summed E-state index contributed by atoms with van der Waals surface area (Å²) < 4.78 is 18.2. The molecule has 0 saturated carbocycles. The van der Waals surface area contributed by atoms with Gasteiger partial charge >= 0.3 is 0 Å². The summed E-state index contributed by atoms with van der Waals surface area (Å²) in [5, 5.41) is 0.482. The molecular formula is C16H21ClFN2+. The molecule has 4 heteroatoms. The minimum absolute atomic E-state index is 0.247. The van der Waals surface area contributed by atoms with E-state index in [1.165, 1.54) is 11.9 Å². The normalized spacial score (nSPS) is 11.3. The van der Waals surface area contributed by atoms with Gasteiger partial charge in [0, 0.05) is 5.56 Å². The summed E-state index contributed by atoms with van der Waals surface area (Å²) in [6.07, 6.45) is 5.15. The first-order valence-corrected chi connectivity index (χ1v) is 7.43. The Morgan fingerprint density at radius 1 is 1.35 bits per heavy atom. The number of benzene rings is 1. The second-order valence-electron chi connectivity index (χ2n) is 5.33. The average Bonchev–Trinajstić information content (AvgIpc) is 2.77. The third-order valence-electron chi connectivity index (χ3n) is 3.39. The van der Waals surface area contributed by atoms with Gasteiger partial charge in [-0.05, 0) is 18.6 Å². The van der Waals surface area contributed by atoms with Gasteiger partial charge in [0.1, 0.15) is 24.8 Å². The lowest BCUT2D eigenvalue weighted by molar-refractivity contribution is -0.696. The second-order valence-corrected chi connectivity index (χ2v) is 5.74. The molecule has 2 aromatic rings. The number of rotatable bonds is 5. The summed E-state index contributed by atoms with van der Waals surface area (Å²) in [5.74, 6) is 1.33. The summed E-state index contributed by atoms with van der Waals surface area (Å²) in [6, 6.07) is 4.83. The molecule has 0 aliphatic rings. The molecule has 0 amide bonds. The number of imidazole rings is 1. The van der Waals surface area contributed by atoms with Gasteiger partial charge in [-0.3, -0.25) is 0 Å². The molecule has 0 bridgehead atoms. The van der Waals surface area contributed by atoms with Crippen LogP contribution in [0.2, 0.25) is 5.02 Å². The van der Waals surface area contributed by atoms with Crippen molar-refractivity contribution in [1.82, 2.24) is 4.57 Å². The zero-order valence-corrected chi connectivity index (χ0v) is 13.0. The molecule has 0 atom stereocenters. The van der Waals surface area contributed by atoms with Gasteiger partial charge in [0.25, 0.3) is 5.82 Å². The second kappa shape index (κ2) is 6.40. The zero-order valence-electron chi connectivity index (χ0n) is 12.2. The van der Waals surface area contributed by atoms with Crippen LogP contribution in [0.25, 0.3) is 0 Å². The van der Waals surface area contributed by atoms with E-state index in [1.54, 1.807) is 12.1 Å². The van der Waals surface area contributed by atoms with Crippen molar-refractivity contribution in [2.75, 3.05) is 0 Å². The van der Waals surface area contributed by atoms with Gasteiger partial charge in [0.2, 0.25) is 0 Å². The molecule has 2 nitrogen and oxygen atoms in total. The van der Waals surface area contributed by atoms with Gasteiger partial charge in [-0.2, -0.15) is 0 Å². The summed E-state index contributed by atoms with van der Waals surface area (Å²) in [4.78, 5) is 0. The minimum atomic E-state index is -0.247. The van der Waals surface area contributed by atoms with Gasteiger partial charge in [0.05, 0.1) is 17.5 Å². The molecule has 0 fully saturated rings. The van der Waals surface area contributed by atoms with E-state index >= 15 is 0 Å². The summed E-state index contributed by atoms with van der Waals surface area (Å²) >= 11 is 6.12. The van der Waals surface area contributed by atoms with Crippen molar-refractivity contribution in [3.8, 4) is 0 Å². The van der Waals surface area contributed by atoms with Crippen LogP contribution in [0.3, 0.4) is 0 Å². The fourth-order valence-corrected chi connectivity index (χ4v) is 2.78. The molecular weight excluding hydrogens is 275 g/mol. The van der Waals surface area contributed by atoms with Crippen LogP contribution in [-0.4, -0.2) is 4.57 Å². The highest BCUT2D eigenvalue weighted by atomic mass is 35.5. The maximum atomic E-state index is 13.9. The summed E-state index contributed by atoms with van der Waals surface area (Å²) in [6.45, 7) is 7.91. The van der Waals surface area contributed by atoms with Crippen LogP contribution in [0.1, 0.15) is 44.5 Å². The average molecular weight is 296 g/mol. The van der Waals surface area contributed by atoms with E-state index in [0.717, 1.165) is 13.0 Å².